The second-order valence-electron chi connectivity index (χ2n) is 5.15. The molecule has 0 unspecified atom stereocenters. The van der Waals surface area contributed by atoms with Gasteiger partial charge >= 0.3 is 22.3 Å². The van der Waals surface area contributed by atoms with E-state index in [9.17, 15) is 22.4 Å². The Morgan fingerprint density at radius 2 is 1.85 bits per heavy atom. The summed E-state index contributed by atoms with van der Waals surface area (Å²) in [5.41, 5.74) is -0.378. The Hall–Kier alpha value is -2.89. The van der Waals surface area contributed by atoms with E-state index in [1.54, 1.807) is 0 Å². The maximum atomic E-state index is 14.3. The van der Waals surface area contributed by atoms with Crippen LogP contribution in [0.4, 0.5) is 15.8 Å². The molecule has 0 amide bonds. The van der Waals surface area contributed by atoms with Crippen LogP contribution in [0.3, 0.4) is 0 Å². The molecular weight excluding hydrogens is 409 g/mol. The first-order valence-electron chi connectivity index (χ1n) is 6.97. The molecule has 27 heavy (non-hydrogen) atoms. The molecule has 0 aliphatic rings. The number of aliphatic carboxylic acids is 1. The van der Waals surface area contributed by atoms with Gasteiger partial charge in [0.2, 0.25) is 0 Å². The van der Waals surface area contributed by atoms with E-state index in [2.05, 4.69) is 9.50 Å². The Labute approximate surface area is 156 Å². The Bertz CT molecular complexity index is 1000. The van der Waals surface area contributed by atoms with Crippen molar-refractivity contribution < 1.29 is 41.3 Å². The lowest BCUT2D eigenvalue weighted by atomic mass is 10.1. The molecule has 0 saturated heterocycles. The molecule has 9 nitrogen and oxygen atoms in total. The van der Waals surface area contributed by atoms with Crippen molar-refractivity contribution in [3.05, 3.63) is 52.3 Å². The van der Waals surface area contributed by atoms with Crippen molar-refractivity contribution in [3.8, 4) is 5.75 Å². The summed E-state index contributed by atoms with van der Waals surface area (Å²) < 4.78 is 48.4. The Morgan fingerprint density at radius 3 is 2.37 bits per heavy atom. The number of halogens is 2. The van der Waals surface area contributed by atoms with E-state index in [-0.39, 0.29) is 27.5 Å². The highest BCUT2D eigenvalue weighted by molar-refractivity contribution is 7.81. The van der Waals surface area contributed by atoms with Crippen LogP contribution in [0.2, 0.25) is 5.02 Å². The van der Waals surface area contributed by atoms with Crippen molar-refractivity contribution in [2.45, 2.75) is 6.42 Å². The monoisotopic (exact) mass is 419 g/mol. The Morgan fingerprint density at radius 1 is 1.19 bits per heavy atom. The molecule has 2 rings (SSSR count). The second kappa shape index (κ2) is 7.78. The van der Waals surface area contributed by atoms with Gasteiger partial charge in [0.15, 0.2) is 5.82 Å². The molecule has 0 fully saturated rings. The zero-order valence-corrected chi connectivity index (χ0v) is 14.7. The number of anilines is 2. The molecule has 0 aliphatic heterocycles. The smallest absolute Gasteiger partial charge is 0.446 e. The molecule has 0 radical (unpaired) electrons. The molecule has 0 bridgehead atoms. The Balaban J connectivity index is 2.44. The van der Waals surface area contributed by atoms with Crippen LogP contribution >= 0.6 is 11.6 Å². The summed E-state index contributed by atoms with van der Waals surface area (Å²) in [6, 6.07) is 5.06. The van der Waals surface area contributed by atoms with Crippen molar-refractivity contribution in [1.29, 1.82) is 0 Å². The molecule has 12 heteroatoms. The molecule has 2 aromatic rings. The van der Waals surface area contributed by atoms with Gasteiger partial charge in [-0.2, -0.15) is 8.42 Å². The lowest BCUT2D eigenvalue weighted by Gasteiger charge is -2.14. The summed E-state index contributed by atoms with van der Waals surface area (Å²) in [5.74, 6) is -4.17. The average molecular weight is 420 g/mol. The third-order valence-electron chi connectivity index (χ3n) is 3.17. The molecule has 0 aromatic heterocycles. The summed E-state index contributed by atoms with van der Waals surface area (Å²) in [6.07, 6.45) is -0.549. The fourth-order valence-corrected chi connectivity index (χ4v) is 2.72. The number of nitrogens with one attached hydrogen (secondary N) is 1. The molecule has 0 spiro atoms. The number of hydrogen-bond acceptors (Lipinski definition) is 6. The van der Waals surface area contributed by atoms with E-state index in [0.29, 0.717) is 6.07 Å². The van der Waals surface area contributed by atoms with Crippen molar-refractivity contribution in [2.24, 2.45) is 0 Å². The summed E-state index contributed by atoms with van der Waals surface area (Å²) in [4.78, 5) is 22.0. The van der Waals surface area contributed by atoms with E-state index >= 15 is 0 Å². The molecule has 0 heterocycles. The molecule has 144 valence electrons. The van der Waals surface area contributed by atoms with Gasteiger partial charge in [-0.25, -0.2) is 9.18 Å². The van der Waals surface area contributed by atoms with Crippen molar-refractivity contribution >= 4 is 45.3 Å². The largest absolute Gasteiger partial charge is 0.481 e. The van der Waals surface area contributed by atoms with Crippen LogP contribution in [0.1, 0.15) is 15.9 Å². The number of benzene rings is 2. The van der Waals surface area contributed by atoms with Crippen LogP contribution in [-0.4, -0.2) is 35.1 Å². The van der Waals surface area contributed by atoms with Gasteiger partial charge in [-0.3, -0.25) is 9.35 Å². The number of carboxylic acid groups (broad SMARTS) is 2. The molecule has 0 saturated carbocycles. The number of carboxylic acids is 2. The third kappa shape index (κ3) is 5.54. The molecule has 2 aromatic carbocycles. The van der Waals surface area contributed by atoms with Crippen LogP contribution < -0.4 is 9.50 Å². The minimum atomic E-state index is -4.88. The standard InChI is InChI=1S/C15H11ClFNO8S/c16-10-5-9(26-27(23,24)25)6-11(17)14(10)18-12-2-1-7(15(21)22)3-8(12)4-13(19)20/h1-3,5-6,18H,4H2,(H,19,20)(H,21,22)(H,23,24,25). The summed E-state index contributed by atoms with van der Waals surface area (Å²) in [5, 5.41) is 20.2. The van der Waals surface area contributed by atoms with Gasteiger partial charge in [0, 0.05) is 17.8 Å². The normalized spacial score (nSPS) is 11.1. The van der Waals surface area contributed by atoms with Crippen molar-refractivity contribution in [1.82, 2.24) is 0 Å². The maximum Gasteiger partial charge on any atom is 0.446 e. The predicted octanol–water partition coefficient (Wildman–Crippen LogP) is 2.73. The van der Waals surface area contributed by atoms with Gasteiger partial charge in [0.1, 0.15) is 5.75 Å². The van der Waals surface area contributed by atoms with Gasteiger partial charge < -0.3 is 19.7 Å². The van der Waals surface area contributed by atoms with Crippen LogP contribution in [0.25, 0.3) is 0 Å². The number of rotatable bonds is 7. The lowest BCUT2D eigenvalue weighted by Crippen LogP contribution is -2.08. The van der Waals surface area contributed by atoms with Crippen molar-refractivity contribution in [3.63, 3.8) is 0 Å². The van der Waals surface area contributed by atoms with Gasteiger partial charge in [-0.1, -0.05) is 11.6 Å². The minimum Gasteiger partial charge on any atom is -0.481 e. The van der Waals surface area contributed by atoms with E-state index in [1.165, 1.54) is 12.1 Å². The molecule has 0 atom stereocenters. The first-order valence-corrected chi connectivity index (χ1v) is 8.71. The average Bonchev–Trinajstić information content (AvgIpc) is 2.49. The topological polar surface area (TPSA) is 150 Å². The van der Waals surface area contributed by atoms with E-state index in [0.717, 1.165) is 12.1 Å². The van der Waals surface area contributed by atoms with Crippen LogP contribution in [0.15, 0.2) is 30.3 Å². The number of carbonyl (C=O) groups is 2. The summed E-state index contributed by atoms with van der Waals surface area (Å²) in [7, 11) is -4.88. The summed E-state index contributed by atoms with van der Waals surface area (Å²) in [6.45, 7) is 0. The van der Waals surface area contributed by atoms with Gasteiger partial charge in [-0.15, -0.1) is 0 Å². The highest BCUT2D eigenvalue weighted by Gasteiger charge is 2.17. The van der Waals surface area contributed by atoms with Crippen molar-refractivity contribution in [2.75, 3.05) is 5.32 Å². The molecular formula is C15H11ClFNO8S. The first kappa shape index (κ1) is 20.4. The zero-order chi connectivity index (χ0) is 20.4. The molecule has 0 aliphatic carbocycles. The van der Waals surface area contributed by atoms with Gasteiger partial charge in [-0.05, 0) is 23.8 Å². The van der Waals surface area contributed by atoms with Gasteiger partial charge in [0.25, 0.3) is 0 Å². The fraction of sp³-hybridized carbons (Fsp3) is 0.0667. The maximum absolute atomic E-state index is 14.3. The zero-order valence-electron chi connectivity index (χ0n) is 13.1. The predicted molar refractivity (Wildman–Crippen MR) is 91.6 cm³/mol. The highest BCUT2D eigenvalue weighted by Crippen LogP contribution is 2.34. The SMILES string of the molecule is O=C(O)Cc1cc(C(=O)O)ccc1Nc1c(F)cc(OS(=O)(=O)O)cc1Cl. The quantitative estimate of drug-likeness (QED) is 0.496. The van der Waals surface area contributed by atoms with E-state index in [4.69, 9.17) is 26.4 Å². The minimum absolute atomic E-state index is 0.0520. The fourth-order valence-electron chi connectivity index (χ4n) is 2.13. The van der Waals surface area contributed by atoms with Crippen LogP contribution in [0, 0.1) is 5.82 Å². The first-order chi connectivity index (χ1) is 12.5. The summed E-state index contributed by atoms with van der Waals surface area (Å²) >= 11 is 5.88. The van der Waals surface area contributed by atoms with Gasteiger partial charge in [0.05, 0.1) is 22.7 Å². The Kier molecular flexibility index (Phi) is 5.88. The second-order valence-corrected chi connectivity index (χ2v) is 6.57. The molecule has 4 N–H and O–H groups in total. The van der Waals surface area contributed by atoms with Crippen LogP contribution in [0.5, 0.6) is 5.75 Å². The number of hydrogen-bond donors (Lipinski definition) is 4. The van der Waals surface area contributed by atoms with E-state index in [1.807, 2.05) is 0 Å². The lowest BCUT2D eigenvalue weighted by molar-refractivity contribution is -0.136. The highest BCUT2D eigenvalue weighted by atomic mass is 35.5. The van der Waals surface area contributed by atoms with Crippen LogP contribution in [-0.2, 0) is 21.6 Å². The number of aromatic carboxylic acids is 1. The third-order valence-corrected chi connectivity index (χ3v) is 3.87. The van der Waals surface area contributed by atoms with E-state index < -0.39 is 40.3 Å².